The standard InChI is InChI=1S/C24H23FN4O3/c1-13-3-4-15(10-18(13)25)22-21(26-12-28(22)2)14-5-6-17-16(9-14)11-29(24(17)32)19-7-8-20(30)27-23(19)31/h3-6,9-10,12,19,24,32H,7-8,11H2,1-2H3,(H,27,30,31). The fourth-order valence-corrected chi connectivity index (χ4v) is 4.60. The summed E-state index contributed by atoms with van der Waals surface area (Å²) in [6.45, 7) is 2.11. The Labute approximate surface area is 184 Å². The van der Waals surface area contributed by atoms with E-state index in [0.29, 0.717) is 24.2 Å². The molecule has 3 aromatic rings. The number of carbonyl (C=O) groups excluding carboxylic acids is 2. The topological polar surface area (TPSA) is 87.5 Å². The average molecular weight is 434 g/mol. The maximum absolute atomic E-state index is 14.2. The number of imidazole rings is 1. The highest BCUT2D eigenvalue weighted by molar-refractivity contribution is 6.00. The number of amides is 2. The van der Waals surface area contributed by atoms with Crippen LogP contribution in [0.4, 0.5) is 4.39 Å². The summed E-state index contributed by atoms with van der Waals surface area (Å²) in [5.41, 5.74) is 5.30. The molecule has 164 valence electrons. The Balaban J connectivity index is 1.49. The van der Waals surface area contributed by atoms with Gasteiger partial charge in [-0.25, -0.2) is 9.37 Å². The number of aryl methyl sites for hydroxylation is 2. The number of benzene rings is 2. The molecule has 8 heteroatoms. The third kappa shape index (κ3) is 3.32. The molecule has 0 bridgehead atoms. The van der Waals surface area contributed by atoms with E-state index in [2.05, 4.69) is 10.3 Å². The van der Waals surface area contributed by atoms with Crippen LogP contribution in [0.3, 0.4) is 0 Å². The van der Waals surface area contributed by atoms with Gasteiger partial charge in [0.2, 0.25) is 11.8 Å². The van der Waals surface area contributed by atoms with Gasteiger partial charge >= 0.3 is 0 Å². The Morgan fingerprint density at radius 1 is 1.16 bits per heavy atom. The zero-order valence-electron chi connectivity index (χ0n) is 17.8. The van der Waals surface area contributed by atoms with Crippen LogP contribution >= 0.6 is 0 Å². The number of hydrogen-bond acceptors (Lipinski definition) is 5. The number of nitrogens with zero attached hydrogens (tertiary/aromatic N) is 3. The molecule has 2 amide bonds. The van der Waals surface area contributed by atoms with Crippen molar-refractivity contribution in [2.45, 2.75) is 38.6 Å². The number of halogens is 1. The molecular weight excluding hydrogens is 411 g/mol. The quantitative estimate of drug-likeness (QED) is 0.619. The maximum Gasteiger partial charge on any atom is 0.244 e. The first-order chi connectivity index (χ1) is 15.3. The number of aliphatic hydroxyl groups excluding tert-OH is 1. The van der Waals surface area contributed by atoms with Crippen LogP contribution in [0, 0.1) is 12.7 Å². The van der Waals surface area contributed by atoms with E-state index in [-0.39, 0.29) is 24.1 Å². The van der Waals surface area contributed by atoms with Crippen LogP contribution < -0.4 is 5.32 Å². The summed E-state index contributed by atoms with van der Waals surface area (Å²) in [4.78, 5) is 30.0. The molecule has 2 aliphatic heterocycles. The van der Waals surface area contributed by atoms with Gasteiger partial charge in [-0.15, -0.1) is 0 Å². The Kier molecular flexibility index (Phi) is 4.91. The number of fused-ring (bicyclic) bond motifs is 1. The van der Waals surface area contributed by atoms with Gasteiger partial charge in [0, 0.05) is 31.1 Å². The molecule has 5 rings (SSSR count). The van der Waals surface area contributed by atoms with Crippen LogP contribution in [-0.4, -0.2) is 37.4 Å². The van der Waals surface area contributed by atoms with Crippen LogP contribution in [0.15, 0.2) is 42.7 Å². The summed E-state index contributed by atoms with van der Waals surface area (Å²) in [6.07, 6.45) is 1.41. The molecule has 2 aliphatic rings. The first kappa shape index (κ1) is 20.5. The molecule has 32 heavy (non-hydrogen) atoms. The molecule has 0 aliphatic carbocycles. The fourth-order valence-electron chi connectivity index (χ4n) is 4.60. The molecule has 7 nitrogen and oxygen atoms in total. The van der Waals surface area contributed by atoms with Crippen molar-refractivity contribution in [2.24, 2.45) is 7.05 Å². The number of nitrogens with one attached hydrogen (secondary N) is 1. The molecule has 2 aromatic carbocycles. The van der Waals surface area contributed by atoms with Gasteiger partial charge in [0.05, 0.1) is 23.8 Å². The number of aromatic nitrogens is 2. The number of carbonyl (C=O) groups is 2. The predicted molar refractivity (Wildman–Crippen MR) is 115 cm³/mol. The SMILES string of the molecule is Cc1ccc(-c2c(-c3ccc4c(c3)CN(C3CCC(=O)NC3=O)C4O)ncn2C)cc1F. The van der Waals surface area contributed by atoms with Gasteiger partial charge in [-0.1, -0.05) is 24.3 Å². The number of piperidine rings is 1. The Morgan fingerprint density at radius 2 is 1.94 bits per heavy atom. The molecule has 2 N–H and O–H groups in total. The van der Waals surface area contributed by atoms with Crippen molar-refractivity contribution in [3.8, 4) is 22.5 Å². The summed E-state index contributed by atoms with van der Waals surface area (Å²) in [6, 6.07) is 10.3. The zero-order valence-corrected chi connectivity index (χ0v) is 17.8. The maximum atomic E-state index is 14.2. The molecule has 0 saturated carbocycles. The number of hydrogen-bond donors (Lipinski definition) is 2. The average Bonchev–Trinajstić information content (AvgIpc) is 3.30. The first-order valence-corrected chi connectivity index (χ1v) is 10.5. The van der Waals surface area contributed by atoms with E-state index in [0.717, 1.165) is 27.9 Å². The van der Waals surface area contributed by atoms with Gasteiger partial charge in [-0.2, -0.15) is 0 Å². The third-order valence-electron chi connectivity index (χ3n) is 6.35. The lowest BCUT2D eigenvalue weighted by Crippen LogP contribution is -2.51. The predicted octanol–water partition coefficient (Wildman–Crippen LogP) is 2.81. The van der Waals surface area contributed by atoms with E-state index in [4.69, 9.17) is 0 Å². The summed E-state index contributed by atoms with van der Waals surface area (Å²) < 4.78 is 16.1. The van der Waals surface area contributed by atoms with Crippen LogP contribution in [0.2, 0.25) is 0 Å². The molecule has 0 spiro atoms. The molecule has 3 heterocycles. The lowest BCUT2D eigenvalue weighted by Gasteiger charge is -2.31. The van der Waals surface area contributed by atoms with E-state index in [1.54, 1.807) is 24.2 Å². The summed E-state index contributed by atoms with van der Waals surface area (Å²) in [5, 5.41) is 13.2. The Hall–Kier alpha value is -3.36. The van der Waals surface area contributed by atoms with Gasteiger partial charge in [-0.3, -0.25) is 19.8 Å². The summed E-state index contributed by atoms with van der Waals surface area (Å²) in [5.74, 6) is -0.927. The van der Waals surface area contributed by atoms with Crippen molar-refractivity contribution in [3.63, 3.8) is 0 Å². The van der Waals surface area contributed by atoms with Crippen LogP contribution in [0.1, 0.15) is 35.8 Å². The summed E-state index contributed by atoms with van der Waals surface area (Å²) >= 11 is 0. The number of imide groups is 1. The van der Waals surface area contributed by atoms with E-state index in [9.17, 15) is 19.1 Å². The van der Waals surface area contributed by atoms with E-state index >= 15 is 0 Å². The van der Waals surface area contributed by atoms with Crippen molar-refractivity contribution in [1.82, 2.24) is 19.8 Å². The second-order valence-corrected chi connectivity index (χ2v) is 8.44. The highest BCUT2D eigenvalue weighted by Crippen LogP contribution is 2.39. The minimum Gasteiger partial charge on any atom is -0.374 e. The molecule has 1 fully saturated rings. The normalized spacial score (nSPS) is 21.0. The van der Waals surface area contributed by atoms with Crippen LogP contribution in [-0.2, 0) is 23.2 Å². The molecule has 0 radical (unpaired) electrons. The fraction of sp³-hybridized carbons (Fsp3) is 0.292. The number of rotatable bonds is 3. The van der Waals surface area contributed by atoms with Gasteiger partial charge in [0.25, 0.3) is 0 Å². The Morgan fingerprint density at radius 3 is 2.69 bits per heavy atom. The summed E-state index contributed by atoms with van der Waals surface area (Å²) in [7, 11) is 1.87. The van der Waals surface area contributed by atoms with Gasteiger partial charge < -0.3 is 9.67 Å². The van der Waals surface area contributed by atoms with Crippen molar-refractivity contribution in [2.75, 3.05) is 0 Å². The molecule has 2 unspecified atom stereocenters. The number of aliphatic hydroxyl groups is 1. The highest BCUT2D eigenvalue weighted by atomic mass is 19.1. The van der Waals surface area contributed by atoms with Crippen molar-refractivity contribution < 1.29 is 19.1 Å². The third-order valence-corrected chi connectivity index (χ3v) is 6.35. The second kappa shape index (κ2) is 7.65. The zero-order chi connectivity index (χ0) is 22.6. The van der Waals surface area contributed by atoms with Crippen molar-refractivity contribution in [3.05, 3.63) is 65.2 Å². The van der Waals surface area contributed by atoms with Crippen molar-refractivity contribution in [1.29, 1.82) is 0 Å². The molecule has 1 aromatic heterocycles. The van der Waals surface area contributed by atoms with Crippen LogP contribution in [0.25, 0.3) is 22.5 Å². The monoisotopic (exact) mass is 434 g/mol. The highest BCUT2D eigenvalue weighted by Gasteiger charge is 2.39. The van der Waals surface area contributed by atoms with Crippen LogP contribution in [0.5, 0.6) is 0 Å². The Bertz CT molecular complexity index is 1250. The van der Waals surface area contributed by atoms with Gasteiger partial charge in [0.1, 0.15) is 12.0 Å². The molecular formula is C24H23FN4O3. The second-order valence-electron chi connectivity index (χ2n) is 8.44. The minimum atomic E-state index is -0.919. The first-order valence-electron chi connectivity index (χ1n) is 10.5. The van der Waals surface area contributed by atoms with Gasteiger partial charge in [-0.05, 0) is 42.2 Å². The van der Waals surface area contributed by atoms with Gasteiger partial charge in [0.15, 0.2) is 0 Å². The van der Waals surface area contributed by atoms with Crippen molar-refractivity contribution >= 4 is 11.8 Å². The lowest BCUT2D eigenvalue weighted by atomic mass is 10.00. The smallest absolute Gasteiger partial charge is 0.244 e. The lowest BCUT2D eigenvalue weighted by molar-refractivity contribution is -0.141. The molecule has 1 saturated heterocycles. The van der Waals surface area contributed by atoms with E-state index < -0.39 is 12.3 Å². The van der Waals surface area contributed by atoms with E-state index in [1.165, 1.54) is 6.07 Å². The molecule has 2 atom stereocenters. The minimum absolute atomic E-state index is 0.256. The largest absolute Gasteiger partial charge is 0.374 e. The van der Waals surface area contributed by atoms with E-state index in [1.807, 2.05) is 35.9 Å².